The Morgan fingerprint density at radius 2 is 1.31 bits per heavy atom. The molecule has 2 rings (SSSR count). The fourth-order valence-corrected chi connectivity index (χ4v) is 1.06. The third-order valence-electron chi connectivity index (χ3n) is 1.70. The summed E-state index contributed by atoms with van der Waals surface area (Å²) in [7, 11) is 0. The normalized spacial score (nSPS) is 19.4. The summed E-state index contributed by atoms with van der Waals surface area (Å²) in [6.45, 7) is 0. The molecule has 0 N–H and O–H groups in total. The first-order valence-corrected chi connectivity index (χ1v) is 3.80. The second kappa shape index (κ2) is 2.86. The van der Waals surface area contributed by atoms with Crippen LogP contribution >= 0.6 is 0 Å². The average Bonchev–Trinajstić information content (AvgIpc) is 2.65. The van der Waals surface area contributed by atoms with Crippen LogP contribution in [0.5, 0.6) is 0 Å². The van der Waals surface area contributed by atoms with Crippen LogP contribution < -0.4 is 0 Å². The molecule has 3 nitrogen and oxygen atoms in total. The van der Waals surface area contributed by atoms with Crippen LogP contribution in [0.4, 0.5) is 0 Å². The molecule has 2 aliphatic carbocycles. The topological polar surface area (TPSA) is 43.4 Å². The third-order valence-corrected chi connectivity index (χ3v) is 1.70. The number of carbonyl (C=O) groups excluding carboxylic acids is 2. The van der Waals surface area contributed by atoms with Gasteiger partial charge in [0, 0.05) is 0 Å². The molecule has 0 unspecified atom stereocenters. The molecule has 0 aliphatic heterocycles. The zero-order chi connectivity index (χ0) is 9.26. The van der Waals surface area contributed by atoms with Crippen molar-refractivity contribution in [1.82, 2.24) is 0 Å². The average molecular weight is 174 g/mol. The Morgan fingerprint density at radius 3 is 1.62 bits per heavy atom. The molecule has 0 aromatic rings. The second-order valence-electron chi connectivity index (χ2n) is 2.61. The number of hydrogen-bond acceptors (Lipinski definition) is 3. The van der Waals surface area contributed by atoms with E-state index in [4.69, 9.17) is 4.74 Å². The van der Waals surface area contributed by atoms with Crippen molar-refractivity contribution in [2.75, 3.05) is 0 Å². The summed E-state index contributed by atoms with van der Waals surface area (Å²) in [5, 5.41) is 0. The van der Waals surface area contributed by atoms with Crippen molar-refractivity contribution < 1.29 is 14.3 Å². The minimum atomic E-state index is -0.208. The fourth-order valence-electron chi connectivity index (χ4n) is 1.06. The molecule has 0 aromatic heterocycles. The fraction of sp³-hybridized carbons (Fsp3) is 0. The van der Waals surface area contributed by atoms with Crippen LogP contribution in [0.2, 0.25) is 0 Å². The summed E-state index contributed by atoms with van der Waals surface area (Å²) in [6, 6.07) is 0. The van der Waals surface area contributed by atoms with Crippen LogP contribution in [0, 0.1) is 0 Å². The highest BCUT2D eigenvalue weighted by atomic mass is 16.5. The Labute approximate surface area is 74.7 Å². The molecule has 2 aliphatic rings. The standard InChI is InChI=1S/C10H6O3/c11-7-3-1-5-9(7)13-10-6-2-4-8(10)12/h1-6H. The number of allylic oxidation sites excluding steroid dienone is 6. The summed E-state index contributed by atoms with van der Waals surface area (Å²) in [6.07, 6.45) is 9.03. The summed E-state index contributed by atoms with van der Waals surface area (Å²) < 4.78 is 5.09. The highest BCUT2D eigenvalue weighted by Gasteiger charge is 2.18. The Hall–Kier alpha value is -1.90. The minimum absolute atomic E-state index is 0.198. The van der Waals surface area contributed by atoms with Crippen LogP contribution in [0.15, 0.2) is 48.0 Å². The Morgan fingerprint density at radius 1 is 0.846 bits per heavy atom. The van der Waals surface area contributed by atoms with Crippen molar-refractivity contribution in [3.63, 3.8) is 0 Å². The molecule has 0 bridgehead atoms. The van der Waals surface area contributed by atoms with E-state index in [1.165, 1.54) is 24.3 Å². The molecule has 0 fully saturated rings. The number of carbonyl (C=O) groups is 2. The van der Waals surface area contributed by atoms with Crippen molar-refractivity contribution in [3.8, 4) is 0 Å². The lowest BCUT2D eigenvalue weighted by Gasteiger charge is -2.03. The lowest BCUT2D eigenvalue weighted by atomic mass is 10.3. The van der Waals surface area contributed by atoms with Crippen LogP contribution in [-0.4, -0.2) is 11.6 Å². The highest BCUT2D eigenvalue weighted by molar-refractivity contribution is 6.08. The lowest BCUT2D eigenvalue weighted by Crippen LogP contribution is -2.04. The maximum Gasteiger partial charge on any atom is 0.221 e. The van der Waals surface area contributed by atoms with Gasteiger partial charge in [-0.1, -0.05) is 12.2 Å². The van der Waals surface area contributed by atoms with Gasteiger partial charge in [0.25, 0.3) is 0 Å². The second-order valence-corrected chi connectivity index (χ2v) is 2.61. The number of hydrogen-bond donors (Lipinski definition) is 0. The van der Waals surface area contributed by atoms with Crippen molar-refractivity contribution >= 4 is 11.6 Å². The van der Waals surface area contributed by atoms with E-state index in [9.17, 15) is 9.59 Å². The first kappa shape index (κ1) is 7.73. The molecule has 0 heterocycles. The first-order valence-electron chi connectivity index (χ1n) is 3.80. The quantitative estimate of drug-likeness (QED) is 0.628. The number of ether oxygens (including phenoxy) is 1. The zero-order valence-electron chi connectivity index (χ0n) is 6.69. The molecule has 0 spiro atoms. The van der Waals surface area contributed by atoms with Crippen LogP contribution in [0.25, 0.3) is 0 Å². The van der Waals surface area contributed by atoms with E-state index in [0.29, 0.717) is 0 Å². The van der Waals surface area contributed by atoms with E-state index in [-0.39, 0.29) is 23.1 Å². The summed E-state index contributed by atoms with van der Waals surface area (Å²) in [5.74, 6) is -0.0206. The van der Waals surface area contributed by atoms with Gasteiger partial charge >= 0.3 is 0 Å². The maximum atomic E-state index is 11.0. The predicted octanol–water partition coefficient (Wildman–Crippen LogP) is 1.05. The number of rotatable bonds is 2. The molecule has 64 valence electrons. The molecule has 0 saturated carbocycles. The van der Waals surface area contributed by atoms with Crippen molar-refractivity contribution in [2.45, 2.75) is 0 Å². The van der Waals surface area contributed by atoms with Gasteiger partial charge in [-0.15, -0.1) is 0 Å². The van der Waals surface area contributed by atoms with Gasteiger partial charge in [0.1, 0.15) is 0 Å². The SMILES string of the molecule is O=C1C=CC=C1OC1=CC=CC1=O. The van der Waals surface area contributed by atoms with E-state index in [2.05, 4.69) is 0 Å². The summed E-state index contributed by atoms with van der Waals surface area (Å²) in [4.78, 5) is 22.1. The van der Waals surface area contributed by atoms with Gasteiger partial charge in [0.05, 0.1) is 0 Å². The van der Waals surface area contributed by atoms with Gasteiger partial charge in [-0.25, -0.2) is 0 Å². The van der Waals surface area contributed by atoms with E-state index < -0.39 is 0 Å². The van der Waals surface area contributed by atoms with Crippen LogP contribution in [0.3, 0.4) is 0 Å². The van der Waals surface area contributed by atoms with Crippen LogP contribution in [-0.2, 0) is 14.3 Å². The first-order chi connectivity index (χ1) is 6.27. The van der Waals surface area contributed by atoms with Gasteiger partial charge in [-0.05, 0) is 24.3 Å². The van der Waals surface area contributed by atoms with E-state index in [0.717, 1.165) is 0 Å². The van der Waals surface area contributed by atoms with Gasteiger partial charge in [0.2, 0.25) is 11.6 Å². The van der Waals surface area contributed by atoms with Gasteiger partial charge < -0.3 is 4.74 Å². The Kier molecular flexibility index (Phi) is 1.70. The van der Waals surface area contributed by atoms with Crippen molar-refractivity contribution in [2.24, 2.45) is 0 Å². The van der Waals surface area contributed by atoms with Gasteiger partial charge in [0.15, 0.2) is 11.5 Å². The molecular weight excluding hydrogens is 168 g/mol. The maximum absolute atomic E-state index is 11.0. The summed E-state index contributed by atoms with van der Waals surface area (Å²) in [5.41, 5.74) is 0. The molecule has 0 atom stereocenters. The number of ketones is 2. The third kappa shape index (κ3) is 1.36. The van der Waals surface area contributed by atoms with E-state index in [1.807, 2.05) is 0 Å². The molecule has 3 heteroatoms. The van der Waals surface area contributed by atoms with Gasteiger partial charge in [-0.2, -0.15) is 0 Å². The molecule has 0 saturated heterocycles. The van der Waals surface area contributed by atoms with Crippen molar-refractivity contribution in [3.05, 3.63) is 48.0 Å². The Balaban J connectivity index is 2.09. The zero-order valence-corrected chi connectivity index (χ0v) is 6.69. The van der Waals surface area contributed by atoms with Gasteiger partial charge in [-0.3, -0.25) is 9.59 Å². The summed E-state index contributed by atoms with van der Waals surface area (Å²) >= 11 is 0. The monoisotopic (exact) mass is 174 g/mol. The largest absolute Gasteiger partial charge is 0.449 e. The molecule has 0 aromatic carbocycles. The van der Waals surface area contributed by atoms with E-state index >= 15 is 0 Å². The molecular formula is C10H6O3. The lowest BCUT2D eigenvalue weighted by molar-refractivity contribution is -0.115. The Bertz CT molecular complexity index is 356. The van der Waals surface area contributed by atoms with Crippen LogP contribution in [0.1, 0.15) is 0 Å². The van der Waals surface area contributed by atoms with Crippen molar-refractivity contribution in [1.29, 1.82) is 0 Å². The molecule has 0 radical (unpaired) electrons. The minimum Gasteiger partial charge on any atom is -0.449 e. The molecule has 13 heavy (non-hydrogen) atoms. The van der Waals surface area contributed by atoms with E-state index in [1.54, 1.807) is 12.2 Å². The predicted molar refractivity (Wildman–Crippen MR) is 45.5 cm³/mol. The highest BCUT2D eigenvalue weighted by Crippen LogP contribution is 2.16. The smallest absolute Gasteiger partial charge is 0.221 e. The molecule has 0 amide bonds.